The molecule has 1 aromatic carbocycles. The molecule has 0 aliphatic heterocycles. The van der Waals surface area contributed by atoms with Crippen LogP contribution in [0.2, 0.25) is 0 Å². The van der Waals surface area contributed by atoms with Gasteiger partial charge in [-0.3, -0.25) is 9.59 Å². The quantitative estimate of drug-likeness (QED) is 0.838. The van der Waals surface area contributed by atoms with Crippen LogP contribution in [0, 0.1) is 5.41 Å². The fourth-order valence-electron chi connectivity index (χ4n) is 1.97. The number of carboxylic acid groups (broad SMARTS) is 1. The van der Waals surface area contributed by atoms with E-state index in [0.717, 1.165) is 5.56 Å². The molecule has 0 saturated carbocycles. The maximum Gasteiger partial charge on any atom is 0.335 e. The number of amides is 2. The van der Waals surface area contributed by atoms with Gasteiger partial charge in [0.1, 0.15) is 0 Å². The van der Waals surface area contributed by atoms with Gasteiger partial charge in [-0.1, -0.05) is 32.9 Å². The van der Waals surface area contributed by atoms with Crippen LogP contribution in [0.3, 0.4) is 0 Å². The van der Waals surface area contributed by atoms with Gasteiger partial charge in [-0.15, -0.1) is 0 Å². The zero-order valence-electron chi connectivity index (χ0n) is 14.0. The summed E-state index contributed by atoms with van der Waals surface area (Å²) in [6.07, 6.45) is 0.362. The van der Waals surface area contributed by atoms with Gasteiger partial charge in [-0.25, -0.2) is 4.79 Å². The molecule has 0 atom stereocenters. The van der Waals surface area contributed by atoms with Crippen molar-refractivity contribution < 1.29 is 19.5 Å². The first-order valence-corrected chi connectivity index (χ1v) is 7.41. The summed E-state index contributed by atoms with van der Waals surface area (Å²) in [6.45, 7) is 6.19. The Morgan fingerprint density at radius 1 is 1.13 bits per heavy atom. The molecule has 0 aliphatic carbocycles. The molecular weight excluding hydrogens is 296 g/mol. The lowest BCUT2D eigenvalue weighted by molar-refractivity contribution is -0.132. The molecule has 6 heteroatoms. The molecule has 0 radical (unpaired) electrons. The highest BCUT2D eigenvalue weighted by molar-refractivity contribution is 5.87. The first-order valence-electron chi connectivity index (χ1n) is 7.41. The summed E-state index contributed by atoms with van der Waals surface area (Å²) < 4.78 is 0. The fourth-order valence-corrected chi connectivity index (χ4v) is 1.97. The van der Waals surface area contributed by atoms with Crippen molar-refractivity contribution in [2.75, 3.05) is 13.6 Å². The van der Waals surface area contributed by atoms with Crippen molar-refractivity contribution >= 4 is 17.8 Å². The largest absolute Gasteiger partial charge is 0.478 e. The van der Waals surface area contributed by atoms with Crippen molar-refractivity contribution in [2.45, 2.75) is 33.7 Å². The summed E-state index contributed by atoms with van der Waals surface area (Å²) in [5.74, 6) is -1.33. The highest BCUT2D eigenvalue weighted by Crippen LogP contribution is 2.17. The van der Waals surface area contributed by atoms with Crippen LogP contribution in [0.25, 0.3) is 0 Å². The van der Waals surface area contributed by atoms with Crippen LogP contribution in [0.4, 0.5) is 0 Å². The summed E-state index contributed by atoms with van der Waals surface area (Å²) in [5, 5.41) is 11.5. The molecule has 2 N–H and O–H groups in total. The highest BCUT2D eigenvalue weighted by Gasteiger charge is 2.17. The monoisotopic (exact) mass is 320 g/mol. The molecule has 0 bridgehead atoms. The molecule has 2 amide bonds. The van der Waals surface area contributed by atoms with E-state index in [1.165, 1.54) is 17.0 Å². The smallest absolute Gasteiger partial charge is 0.335 e. The maximum atomic E-state index is 12.0. The Balaban J connectivity index is 2.47. The topological polar surface area (TPSA) is 86.7 Å². The lowest BCUT2D eigenvalue weighted by Gasteiger charge is -2.20. The van der Waals surface area contributed by atoms with E-state index >= 15 is 0 Å². The number of nitrogens with one attached hydrogen (secondary N) is 1. The predicted octanol–water partition coefficient (Wildman–Crippen LogP) is 1.90. The minimum absolute atomic E-state index is 0.0430. The first kappa shape index (κ1) is 18.7. The molecule has 0 aromatic heterocycles. The van der Waals surface area contributed by atoms with Gasteiger partial charge in [0, 0.05) is 20.0 Å². The molecule has 0 heterocycles. The van der Waals surface area contributed by atoms with Crippen LogP contribution in [0.15, 0.2) is 24.3 Å². The van der Waals surface area contributed by atoms with E-state index in [0.29, 0.717) is 13.0 Å². The first-order chi connectivity index (χ1) is 10.6. The minimum Gasteiger partial charge on any atom is -0.478 e. The Morgan fingerprint density at radius 2 is 1.70 bits per heavy atom. The van der Waals surface area contributed by atoms with Gasteiger partial charge >= 0.3 is 5.97 Å². The van der Waals surface area contributed by atoms with Gasteiger partial charge in [-0.2, -0.15) is 0 Å². The van der Waals surface area contributed by atoms with Gasteiger partial charge in [0.05, 0.1) is 12.1 Å². The second-order valence-corrected chi connectivity index (χ2v) is 6.77. The standard InChI is InChI=1S/C17H24N2O4/c1-17(2,3)9-14(20)18-10-15(21)19(4)11-12-5-7-13(8-6-12)16(22)23/h5-8H,9-11H2,1-4H3,(H,18,20)(H,22,23). The Kier molecular flexibility index (Phi) is 6.30. The van der Waals surface area contributed by atoms with Crippen molar-refractivity contribution in [3.05, 3.63) is 35.4 Å². The second kappa shape index (κ2) is 7.76. The van der Waals surface area contributed by atoms with Crippen LogP contribution in [-0.4, -0.2) is 41.4 Å². The van der Waals surface area contributed by atoms with Gasteiger partial charge in [0.15, 0.2) is 0 Å². The molecule has 6 nitrogen and oxygen atoms in total. The van der Waals surface area contributed by atoms with Crippen LogP contribution >= 0.6 is 0 Å². The van der Waals surface area contributed by atoms with E-state index in [1.54, 1.807) is 19.2 Å². The third-order valence-electron chi connectivity index (χ3n) is 3.17. The summed E-state index contributed by atoms with van der Waals surface area (Å²) in [5.41, 5.74) is 0.911. The Hall–Kier alpha value is -2.37. The predicted molar refractivity (Wildman–Crippen MR) is 87.0 cm³/mol. The third-order valence-corrected chi connectivity index (χ3v) is 3.17. The third kappa shape index (κ3) is 6.95. The number of likely N-dealkylation sites (N-methyl/N-ethyl adjacent to an activating group) is 1. The molecule has 0 spiro atoms. The molecule has 0 saturated heterocycles. The van der Waals surface area contributed by atoms with E-state index in [9.17, 15) is 14.4 Å². The van der Waals surface area contributed by atoms with Crippen LogP contribution in [0.1, 0.15) is 43.1 Å². The number of carbonyl (C=O) groups excluding carboxylic acids is 2. The Bertz CT molecular complexity index is 573. The Morgan fingerprint density at radius 3 is 2.17 bits per heavy atom. The molecule has 0 aliphatic rings. The Labute approximate surface area is 136 Å². The average Bonchev–Trinajstić information content (AvgIpc) is 2.43. The lowest BCUT2D eigenvalue weighted by atomic mass is 9.92. The molecule has 1 aromatic rings. The van der Waals surface area contributed by atoms with Gasteiger partial charge < -0.3 is 15.3 Å². The van der Waals surface area contributed by atoms with E-state index in [4.69, 9.17) is 5.11 Å². The van der Waals surface area contributed by atoms with E-state index in [2.05, 4.69) is 5.32 Å². The van der Waals surface area contributed by atoms with Gasteiger partial charge in [-0.05, 0) is 23.1 Å². The molecule has 0 fully saturated rings. The number of benzene rings is 1. The van der Waals surface area contributed by atoms with Crippen molar-refractivity contribution in [1.82, 2.24) is 10.2 Å². The van der Waals surface area contributed by atoms with Crippen LogP contribution in [0.5, 0.6) is 0 Å². The summed E-state index contributed by atoms with van der Waals surface area (Å²) in [6, 6.07) is 6.35. The maximum absolute atomic E-state index is 12.0. The SMILES string of the molecule is CN(Cc1ccc(C(=O)O)cc1)C(=O)CNC(=O)CC(C)(C)C. The normalized spacial score (nSPS) is 11.0. The van der Waals surface area contributed by atoms with Crippen LogP contribution in [-0.2, 0) is 16.1 Å². The van der Waals surface area contributed by atoms with E-state index in [1.807, 2.05) is 20.8 Å². The van der Waals surface area contributed by atoms with Gasteiger partial charge in [0.25, 0.3) is 0 Å². The fraction of sp³-hybridized carbons (Fsp3) is 0.471. The van der Waals surface area contributed by atoms with Crippen molar-refractivity contribution in [3.8, 4) is 0 Å². The summed E-state index contributed by atoms with van der Waals surface area (Å²) in [7, 11) is 1.64. The van der Waals surface area contributed by atoms with Crippen LogP contribution < -0.4 is 5.32 Å². The molecule has 23 heavy (non-hydrogen) atoms. The molecular formula is C17H24N2O4. The second-order valence-electron chi connectivity index (χ2n) is 6.77. The lowest BCUT2D eigenvalue weighted by Crippen LogP contribution is -2.38. The van der Waals surface area contributed by atoms with E-state index < -0.39 is 5.97 Å². The number of aromatic carboxylic acids is 1. The number of carbonyl (C=O) groups is 3. The zero-order chi connectivity index (χ0) is 17.6. The zero-order valence-corrected chi connectivity index (χ0v) is 14.0. The molecule has 0 unspecified atom stereocenters. The average molecular weight is 320 g/mol. The number of hydrogen-bond donors (Lipinski definition) is 2. The van der Waals surface area contributed by atoms with Gasteiger partial charge in [0.2, 0.25) is 11.8 Å². The van der Waals surface area contributed by atoms with Crippen molar-refractivity contribution in [2.24, 2.45) is 5.41 Å². The number of nitrogens with zero attached hydrogens (tertiary/aromatic N) is 1. The molecule has 1 rings (SSSR count). The van der Waals surface area contributed by atoms with Crippen molar-refractivity contribution in [1.29, 1.82) is 0 Å². The number of rotatable bonds is 6. The summed E-state index contributed by atoms with van der Waals surface area (Å²) in [4.78, 5) is 36.0. The molecule has 126 valence electrons. The number of carboxylic acids is 1. The minimum atomic E-state index is -0.984. The number of hydrogen-bond acceptors (Lipinski definition) is 3. The van der Waals surface area contributed by atoms with E-state index in [-0.39, 0.29) is 29.3 Å². The highest BCUT2D eigenvalue weighted by atomic mass is 16.4. The van der Waals surface area contributed by atoms with Crippen molar-refractivity contribution in [3.63, 3.8) is 0 Å². The summed E-state index contributed by atoms with van der Waals surface area (Å²) >= 11 is 0.